The lowest BCUT2D eigenvalue weighted by Gasteiger charge is -2.31. The van der Waals surface area contributed by atoms with E-state index in [0.29, 0.717) is 17.3 Å². The molecule has 23 heavy (non-hydrogen) atoms. The molecule has 1 aliphatic heterocycles. The third-order valence-electron chi connectivity index (χ3n) is 4.41. The number of nitrogens with zero attached hydrogens (tertiary/aromatic N) is 2. The lowest BCUT2D eigenvalue weighted by molar-refractivity contribution is 0.277. The first-order chi connectivity index (χ1) is 10.9. The molecule has 2 N–H and O–H groups in total. The number of guanidine groups is 1. The molecular weight excluding hydrogens is 310 g/mol. The van der Waals surface area contributed by atoms with E-state index in [9.17, 15) is 8.42 Å². The highest BCUT2D eigenvalue weighted by Crippen LogP contribution is 2.17. The topological polar surface area (TPSA) is 75.8 Å². The Labute approximate surface area is 139 Å². The van der Waals surface area contributed by atoms with Crippen molar-refractivity contribution in [2.24, 2.45) is 16.6 Å². The van der Waals surface area contributed by atoms with Gasteiger partial charge in [0.1, 0.15) is 0 Å². The normalized spacial score (nSPS) is 18.9. The Morgan fingerprint density at radius 1 is 1.30 bits per heavy atom. The van der Waals surface area contributed by atoms with Gasteiger partial charge in [-0.15, -0.1) is 0 Å². The van der Waals surface area contributed by atoms with E-state index < -0.39 is 9.84 Å². The van der Waals surface area contributed by atoms with Crippen LogP contribution in [-0.2, 0) is 9.84 Å². The number of hydrogen-bond acceptors (Lipinski definition) is 3. The van der Waals surface area contributed by atoms with E-state index in [1.807, 2.05) is 13.0 Å². The second-order valence-electron chi connectivity index (χ2n) is 6.31. The van der Waals surface area contributed by atoms with Gasteiger partial charge in [-0.3, -0.25) is 0 Å². The van der Waals surface area contributed by atoms with E-state index in [4.69, 9.17) is 5.73 Å². The first-order valence-electron chi connectivity index (χ1n) is 8.28. The average Bonchev–Trinajstić information content (AvgIpc) is 2.55. The van der Waals surface area contributed by atoms with Gasteiger partial charge in [-0.05, 0) is 37.3 Å². The average molecular weight is 337 g/mol. The van der Waals surface area contributed by atoms with E-state index in [1.54, 1.807) is 24.3 Å². The van der Waals surface area contributed by atoms with Crippen LogP contribution in [0.15, 0.2) is 40.2 Å². The molecule has 1 saturated heterocycles. The zero-order chi connectivity index (χ0) is 16.9. The molecule has 0 amide bonds. The van der Waals surface area contributed by atoms with E-state index >= 15 is 0 Å². The highest BCUT2D eigenvalue weighted by Gasteiger charge is 2.22. The summed E-state index contributed by atoms with van der Waals surface area (Å²) in [5, 5.41) is 0. The number of sulfone groups is 1. The summed E-state index contributed by atoms with van der Waals surface area (Å²) in [6, 6.07) is 8.23. The fraction of sp³-hybridized carbons (Fsp3) is 0.588. The maximum absolute atomic E-state index is 12.5. The Morgan fingerprint density at radius 2 is 1.91 bits per heavy atom. The van der Waals surface area contributed by atoms with Gasteiger partial charge in [-0.1, -0.05) is 32.0 Å². The van der Waals surface area contributed by atoms with Crippen LogP contribution in [0.5, 0.6) is 0 Å². The molecule has 0 aromatic heterocycles. The Bertz CT molecular complexity index is 620. The molecule has 1 heterocycles. The molecule has 0 radical (unpaired) electrons. The number of nitrogens with two attached hydrogens (primary N) is 1. The van der Waals surface area contributed by atoms with Gasteiger partial charge in [0.15, 0.2) is 15.8 Å². The summed E-state index contributed by atoms with van der Waals surface area (Å²) >= 11 is 0. The fourth-order valence-corrected chi connectivity index (χ4v) is 4.31. The lowest BCUT2D eigenvalue weighted by Crippen LogP contribution is -2.43. The first kappa shape index (κ1) is 17.8. The predicted molar refractivity (Wildman–Crippen MR) is 94.2 cm³/mol. The summed E-state index contributed by atoms with van der Waals surface area (Å²) in [4.78, 5) is 6.91. The minimum absolute atomic E-state index is 0.00153. The van der Waals surface area contributed by atoms with Crippen LogP contribution in [0.4, 0.5) is 0 Å². The number of likely N-dealkylation sites (tertiary alicyclic amines) is 1. The Hall–Kier alpha value is -1.56. The molecule has 2 rings (SSSR count). The van der Waals surface area contributed by atoms with Crippen LogP contribution in [0.2, 0.25) is 0 Å². The van der Waals surface area contributed by atoms with Crippen LogP contribution in [0.3, 0.4) is 0 Å². The third kappa shape index (κ3) is 4.96. The van der Waals surface area contributed by atoms with Crippen molar-refractivity contribution in [1.29, 1.82) is 0 Å². The molecule has 0 bridgehead atoms. The number of hydrogen-bond donors (Lipinski definition) is 1. The molecule has 1 fully saturated rings. The number of benzene rings is 1. The fourth-order valence-electron chi connectivity index (χ4n) is 2.73. The lowest BCUT2D eigenvalue weighted by atomic mass is 10.00. The minimum atomic E-state index is -3.34. The van der Waals surface area contributed by atoms with Crippen molar-refractivity contribution in [1.82, 2.24) is 4.90 Å². The van der Waals surface area contributed by atoms with Crippen LogP contribution in [0.25, 0.3) is 0 Å². The molecule has 1 atom stereocenters. The van der Waals surface area contributed by atoms with Gasteiger partial charge in [0.2, 0.25) is 0 Å². The second kappa shape index (κ2) is 7.81. The molecule has 1 aliphatic rings. The van der Waals surface area contributed by atoms with E-state index in [-0.39, 0.29) is 11.8 Å². The predicted octanol–water partition coefficient (Wildman–Crippen LogP) is 2.29. The van der Waals surface area contributed by atoms with E-state index in [0.717, 1.165) is 31.8 Å². The maximum atomic E-state index is 12.5. The Balaban J connectivity index is 2.06. The summed E-state index contributed by atoms with van der Waals surface area (Å²) in [7, 11) is -3.34. The van der Waals surface area contributed by atoms with Crippen molar-refractivity contribution in [3.63, 3.8) is 0 Å². The summed E-state index contributed by atoms with van der Waals surface area (Å²) in [6.45, 7) is 5.99. The summed E-state index contributed by atoms with van der Waals surface area (Å²) in [6.07, 6.45) is 2.86. The maximum Gasteiger partial charge on any atom is 0.191 e. The second-order valence-corrected chi connectivity index (χ2v) is 8.35. The highest BCUT2D eigenvalue weighted by molar-refractivity contribution is 7.91. The van der Waals surface area contributed by atoms with Crippen LogP contribution < -0.4 is 5.73 Å². The van der Waals surface area contributed by atoms with Crippen LogP contribution >= 0.6 is 0 Å². The Kier molecular flexibility index (Phi) is 6.04. The summed E-state index contributed by atoms with van der Waals surface area (Å²) < 4.78 is 25.0. The molecule has 5 nitrogen and oxygen atoms in total. The van der Waals surface area contributed by atoms with Crippen molar-refractivity contribution < 1.29 is 8.42 Å². The van der Waals surface area contributed by atoms with Crippen molar-refractivity contribution >= 4 is 15.8 Å². The van der Waals surface area contributed by atoms with Gasteiger partial charge in [-0.2, -0.15) is 0 Å². The van der Waals surface area contributed by atoms with Crippen LogP contribution in [0.1, 0.15) is 33.1 Å². The summed E-state index contributed by atoms with van der Waals surface area (Å²) in [5.41, 5.74) is 6.11. The molecule has 0 aliphatic carbocycles. The monoisotopic (exact) mass is 337 g/mol. The quantitative estimate of drug-likeness (QED) is 0.661. The molecule has 1 aromatic carbocycles. The zero-order valence-corrected chi connectivity index (χ0v) is 14.8. The van der Waals surface area contributed by atoms with Crippen LogP contribution in [-0.4, -0.2) is 44.2 Å². The number of piperidine rings is 1. The molecule has 6 heteroatoms. The van der Waals surface area contributed by atoms with Gasteiger partial charge in [0, 0.05) is 13.1 Å². The Morgan fingerprint density at radius 3 is 2.48 bits per heavy atom. The molecular formula is C17H27N3O2S. The van der Waals surface area contributed by atoms with Gasteiger partial charge < -0.3 is 10.6 Å². The third-order valence-corrected chi connectivity index (χ3v) is 6.22. The largest absolute Gasteiger partial charge is 0.370 e. The first-order valence-corrected chi connectivity index (χ1v) is 9.93. The minimum Gasteiger partial charge on any atom is -0.370 e. The molecule has 128 valence electrons. The van der Waals surface area contributed by atoms with Gasteiger partial charge in [-0.25, -0.2) is 13.4 Å². The molecule has 0 saturated carbocycles. The highest BCUT2D eigenvalue weighted by atomic mass is 32.2. The van der Waals surface area contributed by atoms with Crippen molar-refractivity contribution in [2.75, 3.05) is 18.8 Å². The molecule has 0 spiro atoms. The molecule has 1 unspecified atom stereocenters. The number of aliphatic imine (C=N–C) groups is 1. The van der Waals surface area contributed by atoms with Gasteiger partial charge >= 0.3 is 0 Å². The van der Waals surface area contributed by atoms with E-state index in [1.165, 1.54) is 0 Å². The van der Waals surface area contributed by atoms with Crippen LogP contribution in [0, 0.1) is 5.92 Å². The van der Waals surface area contributed by atoms with Crippen molar-refractivity contribution in [2.45, 2.75) is 44.0 Å². The standard InChI is InChI=1S/C17H27N3O2S/c1-3-15(13-23(21,22)16-7-5-4-6-8-16)19-17(18)20-11-9-14(2)10-12-20/h4-8,14-15H,3,9-13H2,1-2H3,(H2,18,19). The van der Waals surface area contributed by atoms with Crippen molar-refractivity contribution in [3.05, 3.63) is 30.3 Å². The summed E-state index contributed by atoms with van der Waals surface area (Å²) in [5.74, 6) is 1.20. The molecule has 1 aromatic rings. The van der Waals surface area contributed by atoms with Gasteiger partial charge in [0.25, 0.3) is 0 Å². The number of rotatable bonds is 5. The SMILES string of the molecule is CCC(CS(=O)(=O)c1ccccc1)N=C(N)N1CCC(C)CC1. The van der Waals surface area contributed by atoms with E-state index in [2.05, 4.69) is 16.8 Å². The zero-order valence-electron chi connectivity index (χ0n) is 14.0. The van der Waals surface area contributed by atoms with Gasteiger partial charge in [0.05, 0.1) is 16.7 Å². The van der Waals surface area contributed by atoms with Crippen molar-refractivity contribution in [3.8, 4) is 0 Å². The smallest absolute Gasteiger partial charge is 0.191 e.